The number of rotatable bonds is 4. The number of amides is 1. The SMILES string of the molecule is COC(=O)C(ONC(=O)OC(C)(C)C)c1cccc(O)c1. The number of aromatic hydroxyl groups is 1. The fourth-order valence-corrected chi connectivity index (χ4v) is 1.45. The molecule has 1 aromatic rings. The standard InChI is InChI=1S/C14H19NO6/c1-14(2,3)20-13(18)15-21-11(12(17)19-4)9-6-5-7-10(16)8-9/h5-8,11,16H,1-4H3,(H,15,18). The molecule has 1 unspecified atom stereocenters. The summed E-state index contributed by atoms with van der Waals surface area (Å²) in [5, 5.41) is 9.43. The van der Waals surface area contributed by atoms with E-state index in [0.29, 0.717) is 5.56 Å². The van der Waals surface area contributed by atoms with E-state index in [4.69, 9.17) is 9.57 Å². The quantitative estimate of drug-likeness (QED) is 0.652. The van der Waals surface area contributed by atoms with Crippen molar-refractivity contribution in [3.63, 3.8) is 0 Å². The van der Waals surface area contributed by atoms with Gasteiger partial charge in [0.05, 0.1) is 7.11 Å². The fourth-order valence-electron chi connectivity index (χ4n) is 1.45. The zero-order chi connectivity index (χ0) is 16.0. The fraction of sp³-hybridized carbons (Fsp3) is 0.429. The minimum atomic E-state index is -1.21. The summed E-state index contributed by atoms with van der Waals surface area (Å²) >= 11 is 0. The Kier molecular flexibility index (Phi) is 5.54. The molecule has 0 fully saturated rings. The molecule has 7 nitrogen and oxygen atoms in total. The molecule has 0 aromatic heterocycles. The lowest BCUT2D eigenvalue weighted by Crippen LogP contribution is -2.35. The highest BCUT2D eigenvalue weighted by Crippen LogP contribution is 2.22. The van der Waals surface area contributed by atoms with Crippen molar-refractivity contribution in [2.24, 2.45) is 0 Å². The van der Waals surface area contributed by atoms with Crippen LogP contribution >= 0.6 is 0 Å². The first kappa shape index (κ1) is 16.8. The van der Waals surface area contributed by atoms with E-state index in [9.17, 15) is 14.7 Å². The highest BCUT2D eigenvalue weighted by atomic mass is 16.7. The van der Waals surface area contributed by atoms with Crippen molar-refractivity contribution in [2.45, 2.75) is 32.5 Å². The summed E-state index contributed by atoms with van der Waals surface area (Å²) in [7, 11) is 1.19. The molecule has 1 rings (SSSR count). The number of nitrogens with one attached hydrogen (secondary N) is 1. The number of phenols is 1. The average molecular weight is 297 g/mol. The van der Waals surface area contributed by atoms with Gasteiger partial charge in [0.15, 0.2) is 0 Å². The lowest BCUT2D eigenvalue weighted by Gasteiger charge is -2.21. The van der Waals surface area contributed by atoms with Gasteiger partial charge < -0.3 is 14.6 Å². The topological polar surface area (TPSA) is 94.1 Å². The number of esters is 1. The van der Waals surface area contributed by atoms with Gasteiger partial charge in [0, 0.05) is 0 Å². The molecule has 0 saturated heterocycles. The van der Waals surface area contributed by atoms with E-state index in [1.54, 1.807) is 26.8 Å². The summed E-state index contributed by atoms with van der Waals surface area (Å²) in [5.41, 5.74) is 1.67. The first-order chi connectivity index (χ1) is 9.73. The number of hydrogen-bond donors (Lipinski definition) is 2. The van der Waals surface area contributed by atoms with Crippen LogP contribution in [0.25, 0.3) is 0 Å². The summed E-state index contributed by atoms with van der Waals surface area (Å²) in [5.74, 6) is -0.765. The summed E-state index contributed by atoms with van der Waals surface area (Å²) in [6, 6.07) is 5.87. The lowest BCUT2D eigenvalue weighted by atomic mass is 10.1. The number of benzene rings is 1. The number of hydroxylamine groups is 1. The molecule has 0 bridgehead atoms. The summed E-state index contributed by atoms with van der Waals surface area (Å²) in [4.78, 5) is 28.2. The second-order valence-corrected chi connectivity index (χ2v) is 5.22. The van der Waals surface area contributed by atoms with Crippen LogP contribution in [0.4, 0.5) is 4.79 Å². The van der Waals surface area contributed by atoms with Gasteiger partial charge in [-0.2, -0.15) is 5.48 Å². The van der Waals surface area contributed by atoms with Crippen molar-refractivity contribution >= 4 is 12.1 Å². The second-order valence-electron chi connectivity index (χ2n) is 5.22. The second kappa shape index (κ2) is 6.94. The van der Waals surface area contributed by atoms with Crippen LogP contribution in [0.5, 0.6) is 5.75 Å². The van der Waals surface area contributed by atoms with Gasteiger partial charge in [-0.1, -0.05) is 12.1 Å². The Morgan fingerprint density at radius 2 is 1.95 bits per heavy atom. The van der Waals surface area contributed by atoms with Crippen molar-refractivity contribution in [1.29, 1.82) is 0 Å². The third-order valence-electron chi connectivity index (χ3n) is 2.25. The molecule has 1 aromatic carbocycles. The molecule has 1 amide bonds. The van der Waals surface area contributed by atoms with Crippen LogP contribution in [-0.4, -0.2) is 29.9 Å². The van der Waals surface area contributed by atoms with E-state index in [-0.39, 0.29) is 5.75 Å². The van der Waals surface area contributed by atoms with E-state index in [1.165, 1.54) is 25.3 Å². The predicted molar refractivity (Wildman–Crippen MR) is 73.3 cm³/mol. The molecule has 0 aliphatic heterocycles. The number of carbonyl (C=O) groups excluding carboxylic acids is 2. The Hall–Kier alpha value is -2.28. The van der Waals surface area contributed by atoms with Crippen LogP contribution in [0.15, 0.2) is 24.3 Å². The number of phenolic OH excluding ortho intramolecular Hbond substituents is 1. The number of ether oxygens (including phenoxy) is 2. The predicted octanol–water partition coefficient (Wildman–Crippen LogP) is 2.06. The first-order valence-corrected chi connectivity index (χ1v) is 6.24. The minimum absolute atomic E-state index is 0.0396. The molecule has 2 N–H and O–H groups in total. The first-order valence-electron chi connectivity index (χ1n) is 6.24. The molecule has 116 valence electrons. The highest BCUT2D eigenvalue weighted by Gasteiger charge is 2.25. The molecule has 0 heterocycles. The summed E-state index contributed by atoms with van der Waals surface area (Å²) < 4.78 is 9.59. The average Bonchev–Trinajstić information content (AvgIpc) is 2.36. The summed E-state index contributed by atoms with van der Waals surface area (Å²) in [6.45, 7) is 5.08. The number of carbonyl (C=O) groups is 2. The van der Waals surface area contributed by atoms with Crippen molar-refractivity contribution < 1.29 is 29.0 Å². The van der Waals surface area contributed by atoms with Crippen molar-refractivity contribution in [1.82, 2.24) is 5.48 Å². The van der Waals surface area contributed by atoms with Gasteiger partial charge in [0.25, 0.3) is 0 Å². The maximum absolute atomic E-state index is 11.7. The van der Waals surface area contributed by atoms with Crippen LogP contribution < -0.4 is 5.48 Å². The molecule has 0 saturated carbocycles. The highest BCUT2D eigenvalue weighted by molar-refractivity contribution is 5.77. The molecular weight excluding hydrogens is 278 g/mol. The molecule has 0 spiro atoms. The Morgan fingerprint density at radius 3 is 2.48 bits per heavy atom. The van der Waals surface area contributed by atoms with Crippen LogP contribution in [-0.2, 0) is 19.1 Å². The van der Waals surface area contributed by atoms with E-state index in [1.807, 2.05) is 5.48 Å². The van der Waals surface area contributed by atoms with Crippen molar-refractivity contribution in [3.8, 4) is 5.75 Å². The third kappa shape index (κ3) is 5.70. The van der Waals surface area contributed by atoms with Crippen LogP contribution in [0, 0.1) is 0 Å². The van der Waals surface area contributed by atoms with E-state index < -0.39 is 23.8 Å². The van der Waals surface area contributed by atoms with E-state index in [2.05, 4.69) is 4.74 Å². The van der Waals surface area contributed by atoms with Gasteiger partial charge >= 0.3 is 12.1 Å². The smallest absolute Gasteiger partial charge is 0.431 e. The van der Waals surface area contributed by atoms with Crippen molar-refractivity contribution in [3.05, 3.63) is 29.8 Å². The van der Waals surface area contributed by atoms with Gasteiger partial charge in [-0.15, -0.1) is 0 Å². The van der Waals surface area contributed by atoms with Gasteiger partial charge in [-0.25, -0.2) is 9.59 Å². The minimum Gasteiger partial charge on any atom is -0.508 e. The van der Waals surface area contributed by atoms with Crippen LogP contribution in [0.3, 0.4) is 0 Å². The maximum Gasteiger partial charge on any atom is 0.431 e. The molecule has 0 radical (unpaired) electrons. The normalized spacial score (nSPS) is 12.4. The molecule has 0 aliphatic rings. The molecule has 0 aliphatic carbocycles. The Labute approximate surface area is 122 Å². The van der Waals surface area contributed by atoms with Gasteiger partial charge in [0.2, 0.25) is 6.10 Å². The van der Waals surface area contributed by atoms with E-state index in [0.717, 1.165) is 0 Å². The Balaban J connectivity index is 2.77. The summed E-state index contributed by atoms with van der Waals surface area (Å²) in [6.07, 6.45) is -2.05. The monoisotopic (exact) mass is 297 g/mol. The Bertz CT molecular complexity index is 508. The zero-order valence-corrected chi connectivity index (χ0v) is 12.4. The number of hydrogen-bond acceptors (Lipinski definition) is 6. The molecule has 7 heteroatoms. The van der Waals surface area contributed by atoms with E-state index >= 15 is 0 Å². The number of methoxy groups -OCH3 is 1. The molecule has 1 atom stereocenters. The third-order valence-corrected chi connectivity index (χ3v) is 2.25. The lowest BCUT2D eigenvalue weighted by molar-refractivity contribution is -0.159. The van der Waals surface area contributed by atoms with Crippen LogP contribution in [0.1, 0.15) is 32.4 Å². The van der Waals surface area contributed by atoms with Crippen molar-refractivity contribution in [2.75, 3.05) is 7.11 Å². The van der Waals surface area contributed by atoms with Gasteiger partial charge in [-0.05, 0) is 38.5 Å². The maximum atomic E-state index is 11.7. The van der Waals surface area contributed by atoms with Gasteiger partial charge in [0.1, 0.15) is 11.4 Å². The Morgan fingerprint density at radius 1 is 1.29 bits per heavy atom. The molecular formula is C14H19NO6. The largest absolute Gasteiger partial charge is 0.508 e. The van der Waals surface area contributed by atoms with Crippen LogP contribution in [0.2, 0.25) is 0 Å². The van der Waals surface area contributed by atoms with Gasteiger partial charge in [-0.3, -0.25) is 4.84 Å². The molecule has 21 heavy (non-hydrogen) atoms. The zero-order valence-electron chi connectivity index (χ0n) is 12.4.